The van der Waals surface area contributed by atoms with Gasteiger partial charge in [-0.05, 0) is 38.1 Å². The van der Waals surface area contributed by atoms with Crippen LogP contribution in [0.15, 0.2) is 35.9 Å². The molecule has 0 saturated heterocycles. The fourth-order valence-corrected chi connectivity index (χ4v) is 1.61. The Labute approximate surface area is 129 Å². The molecule has 0 aliphatic heterocycles. The average molecular weight is 304 g/mol. The van der Waals surface area contributed by atoms with E-state index in [1.54, 1.807) is 31.2 Å². The molecule has 1 rings (SSSR count). The Hall–Kier alpha value is -2.47. The van der Waals surface area contributed by atoms with E-state index < -0.39 is 0 Å². The highest BCUT2D eigenvalue weighted by atomic mass is 16.5. The number of benzene rings is 1. The minimum absolute atomic E-state index is 0.0401. The average Bonchev–Trinajstić information content (AvgIpc) is 2.47. The van der Waals surface area contributed by atoms with Crippen LogP contribution in [0.4, 0.5) is 5.69 Å². The maximum atomic E-state index is 11.9. The first-order chi connectivity index (χ1) is 10.4. The zero-order valence-corrected chi connectivity index (χ0v) is 12.9. The maximum Gasteiger partial charge on any atom is 0.251 e. The summed E-state index contributed by atoms with van der Waals surface area (Å²) in [4.78, 5) is 34.7. The highest BCUT2D eigenvalue weighted by Gasteiger charge is 2.07. The predicted molar refractivity (Wildman–Crippen MR) is 83.7 cm³/mol. The predicted octanol–water partition coefficient (Wildman–Crippen LogP) is 1.54. The van der Waals surface area contributed by atoms with Crippen LogP contribution < -0.4 is 10.6 Å². The Morgan fingerprint density at radius 1 is 1.14 bits per heavy atom. The van der Waals surface area contributed by atoms with Gasteiger partial charge in [0.15, 0.2) is 5.78 Å². The second-order valence-corrected chi connectivity index (χ2v) is 4.70. The summed E-state index contributed by atoms with van der Waals surface area (Å²) in [6.07, 6.45) is 1.23. The molecule has 0 atom stereocenters. The van der Waals surface area contributed by atoms with Crippen LogP contribution in [0, 0.1) is 0 Å². The van der Waals surface area contributed by atoms with Crippen molar-refractivity contribution in [2.75, 3.05) is 25.6 Å². The van der Waals surface area contributed by atoms with Crippen molar-refractivity contribution in [3.63, 3.8) is 0 Å². The molecule has 6 heteroatoms. The maximum absolute atomic E-state index is 11.9. The molecule has 2 amide bonds. The molecule has 0 bridgehead atoms. The largest absolute Gasteiger partial charge is 0.383 e. The number of hydrogen-bond donors (Lipinski definition) is 2. The molecule has 0 radical (unpaired) electrons. The first kappa shape index (κ1) is 17.6. The lowest BCUT2D eigenvalue weighted by Crippen LogP contribution is -2.26. The zero-order valence-electron chi connectivity index (χ0n) is 12.9. The van der Waals surface area contributed by atoms with E-state index in [2.05, 4.69) is 10.6 Å². The van der Waals surface area contributed by atoms with Gasteiger partial charge in [-0.2, -0.15) is 0 Å². The molecular formula is C16H20N2O4. The number of anilines is 1. The number of rotatable bonds is 7. The Morgan fingerprint density at radius 2 is 1.77 bits per heavy atom. The molecule has 0 unspecified atom stereocenters. The molecule has 2 N–H and O–H groups in total. The van der Waals surface area contributed by atoms with Gasteiger partial charge in [0, 0.05) is 36.6 Å². The van der Waals surface area contributed by atoms with Crippen molar-refractivity contribution in [1.29, 1.82) is 0 Å². The highest BCUT2D eigenvalue weighted by molar-refractivity contribution is 6.07. The third-order valence-electron chi connectivity index (χ3n) is 2.86. The summed E-state index contributed by atoms with van der Waals surface area (Å²) in [5.41, 5.74) is 1.41. The van der Waals surface area contributed by atoms with Crippen molar-refractivity contribution >= 4 is 23.3 Å². The molecule has 0 heterocycles. The lowest BCUT2D eigenvalue weighted by molar-refractivity contribution is -0.117. The van der Waals surface area contributed by atoms with Gasteiger partial charge in [0.2, 0.25) is 5.91 Å². The number of amides is 2. The van der Waals surface area contributed by atoms with Crippen molar-refractivity contribution in [3.05, 3.63) is 41.5 Å². The minimum Gasteiger partial charge on any atom is -0.383 e. The summed E-state index contributed by atoms with van der Waals surface area (Å²) in [6, 6.07) is 6.55. The van der Waals surface area contributed by atoms with Gasteiger partial charge >= 0.3 is 0 Å². The first-order valence-electron chi connectivity index (χ1n) is 6.81. The number of ketones is 1. The summed E-state index contributed by atoms with van der Waals surface area (Å²) in [6.45, 7) is 3.82. The molecule has 6 nitrogen and oxygen atoms in total. The smallest absolute Gasteiger partial charge is 0.251 e. The van der Waals surface area contributed by atoms with Gasteiger partial charge in [-0.25, -0.2) is 0 Å². The quantitative estimate of drug-likeness (QED) is 0.454. The van der Waals surface area contributed by atoms with Crippen LogP contribution >= 0.6 is 0 Å². The summed E-state index contributed by atoms with van der Waals surface area (Å²) in [7, 11) is 1.54. The first-order valence-corrected chi connectivity index (χ1v) is 6.81. The SMILES string of the molecule is COCCNC(=O)/C=C(/C)C(=O)Nc1ccc(C(C)=O)cc1. The number of carbonyl (C=O) groups excluding carboxylic acids is 3. The summed E-state index contributed by atoms with van der Waals surface area (Å²) < 4.78 is 4.81. The van der Waals surface area contributed by atoms with E-state index in [0.29, 0.717) is 24.4 Å². The third kappa shape index (κ3) is 5.88. The summed E-state index contributed by atoms with van der Waals surface area (Å²) >= 11 is 0. The van der Waals surface area contributed by atoms with E-state index in [1.807, 2.05) is 0 Å². The Morgan fingerprint density at radius 3 is 2.32 bits per heavy atom. The van der Waals surface area contributed by atoms with Gasteiger partial charge in [0.05, 0.1) is 6.61 Å². The molecule has 0 aromatic heterocycles. The Balaban J connectivity index is 2.59. The normalized spacial score (nSPS) is 11.0. The van der Waals surface area contributed by atoms with E-state index >= 15 is 0 Å². The monoisotopic (exact) mass is 304 g/mol. The summed E-state index contributed by atoms with van der Waals surface area (Å²) in [5, 5.41) is 5.25. The van der Waals surface area contributed by atoms with Gasteiger partial charge in [0.25, 0.3) is 5.91 Å². The molecule has 0 spiro atoms. The van der Waals surface area contributed by atoms with Crippen LogP contribution in [-0.4, -0.2) is 37.9 Å². The van der Waals surface area contributed by atoms with E-state index in [1.165, 1.54) is 20.1 Å². The van der Waals surface area contributed by atoms with E-state index in [0.717, 1.165) is 0 Å². The summed E-state index contributed by atoms with van der Waals surface area (Å²) in [5.74, 6) is -0.768. The van der Waals surface area contributed by atoms with Crippen molar-refractivity contribution in [2.24, 2.45) is 0 Å². The fourth-order valence-electron chi connectivity index (χ4n) is 1.61. The molecule has 0 fully saturated rings. The fraction of sp³-hybridized carbons (Fsp3) is 0.312. The second kappa shape index (κ2) is 8.74. The van der Waals surface area contributed by atoms with Gasteiger partial charge in [-0.1, -0.05) is 0 Å². The lowest BCUT2D eigenvalue weighted by Gasteiger charge is -2.06. The van der Waals surface area contributed by atoms with Gasteiger partial charge < -0.3 is 15.4 Å². The second-order valence-electron chi connectivity index (χ2n) is 4.70. The van der Waals surface area contributed by atoms with Crippen LogP contribution in [-0.2, 0) is 14.3 Å². The van der Waals surface area contributed by atoms with Gasteiger partial charge in [-0.15, -0.1) is 0 Å². The van der Waals surface area contributed by atoms with Gasteiger partial charge in [-0.3, -0.25) is 14.4 Å². The number of hydrogen-bond acceptors (Lipinski definition) is 4. The number of ether oxygens (including phenoxy) is 1. The molecular weight excluding hydrogens is 284 g/mol. The van der Waals surface area contributed by atoms with Gasteiger partial charge in [0.1, 0.15) is 0 Å². The number of methoxy groups -OCH3 is 1. The van der Waals surface area contributed by atoms with E-state index in [9.17, 15) is 14.4 Å². The lowest BCUT2D eigenvalue weighted by atomic mass is 10.1. The van der Waals surface area contributed by atoms with Crippen LogP contribution in [0.3, 0.4) is 0 Å². The molecule has 22 heavy (non-hydrogen) atoms. The number of Topliss-reactive ketones (excluding diaryl/α,β-unsaturated/α-hetero) is 1. The number of carbonyl (C=O) groups is 3. The van der Waals surface area contributed by atoms with Crippen LogP contribution in [0.2, 0.25) is 0 Å². The van der Waals surface area contributed by atoms with Crippen LogP contribution in [0.5, 0.6) is 0 Å². The highest BCUT2D eigenvalue weighted by Crippen LogP contribution is 2.11. The Kier molecular flexibility index (Phi) is 6.98. The molecule has 0 aliphatic rings. The number of nitrogens with one attached hydrogen (secondary N) is 2. The van der Waals surface area contributed by atoms with Crippen molar-refractivity contribution in [3.8, 4) is 0 Å². The van der Waals surface area contributed by atoms with E-state index in [4.69, 9.17) is 4.74 Å². The standard InChI is InChI=1S/C16H20N2O4/c1-11(10-15(20)17-8-9-22-3)16(21)18-14-6-4-13(5-7-14)12(2)19/h4-7,10H,8-9H2,1-3H3,(H,17,20)(H,18,21)/b11-10-. The zero-order chi connectivity index (χ0) is 16.5. The Bertz CT molecular complexity index is 576. The molecule has 0 aliphatic carbocycles. The van der Waals surface area contributed by atoms with Crippen LogP contribution in [0.25, 0.3) is 0 Å². The van der Waals surface area contributed by atoms with Crippen molar-refractivity contribution in [1.82, 2.24) is 5.32 Å². The molecule has 1 aromatic carbocycles. The van der Waals surface area contributed by atoms with E-state index in [-0.39, 0.29) is 23.2 Å². The molecule has 0 saturated carbocycles. The molecule has 1 aromatic rings. The topological polar surface area (TPSA) is 84.5 Å². The minimum atomic E-state index is -0.377. The van der Waals surface area contributed by atoms with Crippen molar-refractivity contribution in [2.45, 2.75) is 13.8 Å². The van der Waals surface area contributed by atoms with Crippen LogP contribution in [0.1, 0.15) is 24.2 Å². The third-order valence-corrected chi connectivity index (χ3v) is 2.86. The molecule has 118 valence electrons. The van der Waals surface area contributed by atoms with Crippen molar-refractivity contribution < 1.29 is 19.1 Å².